The molecule has 1 rings (SSSR count). The van der Waals surface area contributed by atoms with Crippen molar-refractivity contribution in [3.63, 3.8) is 0 Å². The average Bonchev–Trinajstić information content (AvgIpc) is 2.84. The van der Waals surface area contributed by atoms with E-state index >= 15 is 0 Å². The maximum atomic E-state index is 12.3. The molecule has 1 amide bonds. The number of methoxy groups -OCH3 is 1. The van der Waals surface area contributed by atoms with E-state index in [9.17, 15) is 4.79 Å². The standard InChI is InChI=1S/C15H27N3O3/c1-13-5-6-14(21-13)12-18(9-8-17(2)3)15(19)11-16-7-10-20-4/h5-6,16H,7-12H2,1-4H3. The van der Waals surface area contributed by atoms with E-state index in [0.29, 0.717) is 32.8 Å². The van der Waals surface area contributed by atoms with Gasteiger partial charge in [-0.3, -0.25) is 4.79 Å². The van der Waals surface area contributed by atoms with Crippen LogP contribution in [-0.4, -0.2) is 69.7 Å². The second-order valence-electron chi connectivity index (χ2n) is 5.30. The van der Waals surface area contributed by atoms with E-state index in [-0.39, 0.29) is 5.91 Å². The van der Waals surface area contributed by atoms with Crippen LogP contribution in [0.1, 0.15) is 11.5 Å². The summed E-state index contributed by atoms with van der Waals surface area (Å²) in [4.78, 5) is 16.2. The van der Waals surface area contributed by atoms with Crippen molar-refractivity contribution in [1.82, 2.24) is 15.1 Å². The second-order valence-corrected chi connectivity index (χ2v) is 5.30. The SMILES string of the molecule is COCCNCC(=O)N(CCN(C)C)Cc1ccc(C)o1. The molecule has 1 N–H and O–H groups in total. The number of ether oxygens (including phenoxy) is 1. The molecule has 0 aromatic carbocycles. The number of likely N-dealkylation sites (N-methyl/N-ethyl adjacent to an activating group) is 1. The van der Waals surface area contributed by atoms with Crippen molar-refractivity contribution >= 4 is 5.91 Å². The van der Waals surface area contributed by atoms with Crippen molar-refractivity contribution in [1.29, 1.82) is 0 Å². The normalized spacial score (nSPS) is 11.1. The smallest absolute Gasteiger partial charge is 0.236 e. The van der Waals surface area contributed by atoms with E-state index in [1.165, 1.54) is 0 Å². The summed E-state index contributed by atoms with van der Waals surface area (Å²) in [7, 11) is 5.64. The lowest BCUT2D eigenvalue weighted by Crippen LogP contribution is -2.41. The van der Waals surface area contributed by atoms with Gasteiger partial charge in [-0.15, -0.1) is 0 Å². The van der Waals surface area contributed by atoms with E-state index in [1.54, 1.807) is 7.11 Å². The molecule has 0 bridgehead atoms. The lowest BCUT2D eigenvalue weighted by atomic mass is 10.3. The number of amides is 1. The summed E-state index contributed by atoms with van der Waals surface area (Å²) in [5.74, 6) is 1.75. The van der Waals surface area contributed by atoms with E-state index < -0.39 is 0 Å². The zero-order valence-corrected chi connectivity index (χ0v) is 13.5. The van der Waals surface area contributed by atoms with E-state index in [0.717, 1.165) is 18.1 Å². The van der Waals surface area contributed by atoms with Crippen LogP contribution >= 0.6 is 0 Å². The minimum Gasteiger partial charge on any atom is -0.464 e. The van der Waals surface area contributed by atoms with Crippen LogP contribution in [0.4, 0.5) is 0 Å². The molecule has 0 saturated carbocycles. The fourth-order valence-electron chi connectivity index (χ4n) is 1.85. The summed E-state index contributed by atoms with van der Waals surface area (Å²) in [5.41, 5.74) is 0. The van der Waals surface area contributed by atoms with Crippen LogP contribution in [0.2, 0.25) is 0 Å². The molecular formula is C15H27N3O3. The van der Waals surface area contributed by atoms with Gasteiger partial charge in [0.05, 0.1) is 19.7 Å². The van der Waals surface area contributed by atoms with Crippen LogP contribution in [0, 0.1) is 6.92 Å². The third-order valence-electron chi connectivity index (χ3n) is 3.07. The number of furan rings is 1. The number of carbonyl (C=O) groups excluding carboxylic acids is 1. The highest BCUT2D eigenvalue weighted by molar-refractivity contribution is 5.78. The van der Waals surface area contributed by atoms with Gasteiger partial charge in [0.15, 0.2) is 0 Å². The molecule has 0 radical (unpaired) electrons. The predicted octanol–water partition coefficient (Wildman–Crippen LogP) is 0.714. The van der Waals surface area contributed by atoms with Crippen molar-refractivity contribution in [3.8, 4) is 0 Å². The van der Waals surface area contributed by atoms with Gasteiger partial charge in [-0.2, -0.15) is 0 Å². The Balaban J connectivity index is 2.52. The molecule has 0 aliphatic carbocycles. The zero-order chi connectivity index (χ0) is 15.7. The molecule has 0 aliphatic heterocycles. The van der Waals surface area contributed by atoms with Gasteiger partial charge in [0.2, 0.25) is 5.91 Å². The molecule has 1 heterocycles. The lowest BCUT2D eigenvalue weighted by Gasteiger charge is -2.23. The molecular weight excluding hydrogens is 270 g/mol. The Morgan fingerprint density at radius 1 is 1.33 bits per heavy atom. The monoisotopic (exact) mass is 297 g/mol. The Bertz CT molecular complexity index is 418. The maximum absolute atomic E-state index is 12.3. The number of rotatable bonds is 10. The number of hydrogen-bond donors (Lipinski definition) is 1. The Labute approximate surface area is 127 Å². The first kappa shape index (κ1) is 17.7. The molecule has 6 heteroatoms. The lowest BCUT2D eigenvalue weighted by molar-refractivity contribution is -0.131. The van der Waals surface area contributed by atoms with Gasteiger partial charge in [0.25, 0.3) is 0 Å². The first-order chi connectivity index (χ1) is 10.0. The van der Waals surface area contributed by atoms with Crippen LogP contribution in [-0.2, 0) is 16.1 Å². The molecule has 120 valence electrons. The van der Waals surface area contributed by atoms with Gasteiger partial charge in [-0.1, -0.05) is 0 Å². The quantitative estimate of drug-likeness (QED) is 0.645. The Kier molecular flexibility index (Phi) is 8.04. The number of aryl methyl sites for hydroxylation is 1. The predicted molar refractivity (Wildman–Crippen MR) is 82.2 cm³/mol. The van der Waals surface area contributed by atoms with Crippen molar-refractivity contribution in [2.24, 2.45) is 0 Å². The number of carbonyl (C=O) groups is 1. The topological polar surface area (TPSA) is 58.0 Å². The van der Waals surface area contributed by atoms with Crippen molar-refractivity contribution in [2.75, 3.05) is 54.0 Å². The summed E-state index contributed by atoms with van der Waals surface area (Å²) in [5, 5.41) is 3.08. The van der Waals surface area contributed by atoms with Gasteiger partial charge in [-0.05, 0) is 33.2 Å². The zero-order valence-electron chi connectivity index (χ0n) is 13.5. The van der Waals surface area contributed by atoms with Crippen molar-refractivity contribution in [2.45, 2.75) is 13.5 Å². The second kappa shape index (κ2) is 9.55. The van der Waals surface area contributed by atoms with Gasteiger partial charge in [-0.25, -0.2) is 0 Å². The van der Waals surface area contributed by atoms with E-state index in [4.69, 9.17) is 9.15 Å². The number of nitrogens with zero attached hydrogens (tertiary/aromatic N) is 2. The highest BCUT2D eigenvalue weighted by Gasteiger charge is 2.15. The third kappa shape index (κ3) is 7.27. The minimum atomic E-state index is 0.0713. The summed E-state index contributed by atoms with van der Waals surface area (Å²) >= 11 is 0. The van der Waals surface area contributed by atoms with Gasteiger partial charge >= 0.3 is 0 Å². The van der Waals surface area contributed by atoms with Crippen LogP contribution in [0.25, 0.3) is 0 Å². The van der Waals surface area contributed by atoms with Gasteiger partial charge in [0, 0.05) is 26.7 Å². The largest absolute Gasteiger partial charge is 0.464 e. The van der Waals surface area contributed by atoms with Crippen molar-refractivity contribution < 1.29 is 13.9 Å². The summed E-state index contributed by atoms with van der Waals surface area (Å²) in [6.07, 6.45) is 0. The molecule has 0 aliphatic rings. The average molecular weight is 297 g/mol. The van der Waals surface area contributed by atoms with Crippen molar-refractivity contribution in [3.05, 3.63) is 23.7 Å². The molecule has 0 unspecified atom stereocenters. The number of nitrogens with one attached hydrogen (secondary N) is 1. The Morgan fingerprint density at radius 3 is 2.67 bits per heavy atom. The molecule has 21 heavy (non-hydrogen) atoms. The van der Waals surface area contributed by atoms with Crippen LogP contribution in [0.5, 0.6) is 0 Å². The van der Waals surface area contributed by atoms with Gasteiger partial charge < -0.3 is 24.3 Å². The molecule has 1 aromatic rings. The summed E-state index contributed by atoms with van der Waals surface area (Å²) in [6.45, 7) is 5.50. The first-order valence-electron chi connectivity index (χ1n) is 7.20. The van der Waals surface area contributed by atoms with Crippen LogP contribution in [0.15, 0.2) is 16.5 Å². The summed E-state index contributed by atoms with van der Waals surface area (Å²) in [6, 6.07) is 3.84. The fraction of sp³-hybridized carbons (Fsp3) is 0.667. The van der Waals surface area contributed by atoms with Crippen LogP contribution < -0.4 is 5.32 Å². The maximum Gasteiger partial charge on any atom is 0.236 e. The first-order valence-corrected chi connectivity index (χ1v) is 7.20. The molecule has 1 aromatic heterocycles. The third-order valence-corrected chi connectivity index (χ3v) is 3.07. The van der Waals surface area contributed by atoms with E-state index in [1.807, 2.05) is 38.1 Å². The summed E-state index contributed by atoms with van der Waals surface area (Å²) < 4.78 is 10.5. The number of hydrogen-bond acceptors (Lipinski definition) is 5. The minimum absolute atomic E-state index is 0.0713. The Morgan fingerprint density at radius 2 is 2.10 bits per heavy atom. The highest BCUT2D eigenvalue weighted by atomic mass is 16.5. The molecule has 6 nitrogen and oxygen atoms in total. The highest BCUT2D eigenvalue weighted by Crippen LogP contribution is 2.09. The Hall–Kier alpha value is -1.37. The molecule has 0 atom stereocenters. The fourth-order valence-corrected chi connectivity index (χ4v) is 1.85. The van der Waals surface area contributed by atoms with Gasteiger partial charge in [0.1, 0.15) is 11.5 Å². The van der Waals surface area contributed by atoms with E-state index in [2.05, 4.69) is 10.2 Å². The van der Waals surface area contributed by atoms with Crippen LogP contribution in [0.3, 0.4) is 0 Å². The molecule has 0 spiro atoms. The molecule has 0 saturated heterocycles. The molecule has 0 fully saturated rings.